The number of ether oxygens (including phenoxy) is 1. The van der Waals surface area contributed by atoms with Crippen LogP contribution < -0.4 is 0 Å². The summed E-state index contributed by atoms with van der Waals surface area (Å²) in [6.45, 7) is 4.55. The summed E-state index contributed by atoms with van der Waals surface area (Å²) in [4.78, 5) is 25.5. The molecule has 0 aliphatic heterocycles. The summed E-state index contributed by atoms with van der Waals surface area (Å²) in [6.07, 6.45) is 1.19. The monoisotopic (exact) mass is 350 g/mol. The van der Waals surface area contributed by atoms with E-state index in [1.54, 1.807) is 0 Å². The summed E-state index contributed by atoms with van der Waals surface area (Å²) in [5.41, 5.74) is 2.13. The fourth-order valence-electron chi connectivity index (χ4n) is 3.79. The van der Waals surface area contributed by atoms with Gasteiger partial charge in [-0.15, -0.1) is 0 Å². The summed E-state index contributed by atoms with van der Waals surface area (Å²) in [5, 5.41) is 0. The van der Waals surface area contributed by atoms with Crippen LogP contribution in [-0.2, 0) is 14.3 Å². The Balaban J connectivity index is 1.89. The van der Waals surface area contributed by atoms with Crippen molar-refractivity contribution >= 4 is 11.8 Å². The molecule has 0 heterocycles. The van der Waals surface area contributed by atoms with E-state index in [-0.39, 0.29) is 23.6 Å². The summed E-state index contributed by atoms with van der Waals surface area (Å²) >= 11 is 0. The van der Waals surface area contributed by atoms with E-state index in [0.717, 1.165) is 17.5 Å². The maximum absolute atomic E-state index is 12.8. The molecule has 3 nitrogen and oxygen atoms in total. The SMILES string of the molecule is CC(C)CCOC(=O)C1C(=O)CC(c2ccccc2)C1c1ccccc1. The van der Waals surface area contributed by atoms with E-state index in [4.69, 9.17) is 4.74 Å². The molecule has 1 aliphatic carbocycles. The number of ketones is 1. The van der Waals surface area contributed by atoms with Crippen LogP contribution in [0, 0.1) is 11.8 Å². The van der Waals surface area contributed by atoms with E-state index in [1.807, 2.05) is 60.7 Å². The number of hydrogen-bond acceptors (Lipinski definition) is 3. The highest BCUT2D eigenvalue weighted by Crippen LogP contribution is 2.48. The fourth-order valence-corrected chi connectivity index (χ4v) is 3.79. The molecule has 1 saturated carbocycles. The Morgan fingerprint density at radius 1 is 1.00 bits per heavy atom. The minimum absolute atomic E-state index is 0.00810. The molecule has 1 fully saturated rings. The first-order valence-corrected chi connectivity index (χ1v) is 9.37. The third kappa shape index (κ3) is 4.04. The van der Waals surface area contributed by atoms with Gasteiger partial charge in [0.25, 0.3) is 0 Å². The van der Waals surface area contributed by atoms with Gasteiger partial charge in [0.15, 0.2) is 0 Å². The van der Waals surface area contributed by atoms with Gasteiger partial charge in [0.05, 0.1) is 6.61 Å². The van der Waals surface area contributed by atoms with Crippen molar-refractivity contribution in [3.05, 3.63) is 71.8 Å². The molecule has 136 valence electrons. The van der Waals surface area contributed by atoms with Gasteiger partial charge in [-0.05, 0) is 29.4 Å². The average Bonchev–Trinajstić information content (AvgIpc) is 3.00. The molecule has 0 spiro atoms. The predicted molar refractivity (Wildman–Crippen MR) is 102 cm³/mol. The second-order valence-corrected chi connectivity index (χ2v) is 7.45. The molecule has 1 aliphatic rings. The van der Waals surface area contributed by atoms with Gasteiger partial charge in [0.2, 0.25) is 0 Å². The number of rotatable bonds is 6. The number of hydrogen-bond donors (Lipinski definition) is 0. The van der Waals surface area contributed by atoms with Crippen molar-refractivity contribution in [2.45, 2.75) is 38.5 Å². The zero-order valence-electron chi connectivity index (χ0n) is 15.4. The molecule has 0 aromatic heterocycles. The molecule has 3 heteroatoms. The van der Waals surface area contributed by atoms with Gasteiger partial charge in [-0.25, -0.2) is 0 Å². The second kappa shape index (κ2) is 8.31. The summed E-state index contributed by atoms with van der Waals surface area (Å²) in [5.74, 6) is -0.796. The van der Waals surface area contributed by atoms with Crippen LogP contribution in [0.3, 0.4) is 0 Å². The normalized spacial score (nSPS) is 22.6. The Morgan fingerprint density at radius 2 is 1.58 bits per heavy atom. The molecular weight excluding hydrogens is 324 g/mol. The van der Waals surface area contributed by atoms with E-state index in [1.165, 1.54) is 0 Å². The molecular formula is C23H26O3. The third-order valence-corrected chi connectivity index (χ3v) is 5.17. The van der Waals surface area contributed by atoms with E-state index in [9.17, 15) is 9.59 Å². The van der Waals surface area contributed by atoms with Crippen LogP contribution in [0.15, 0.2) is 60.7 Å². The lowest BCUT2D eigenvalue weighted by Gasteiger charge is -2.24. The highest BCUT2D eigenvalue weighted by atomic mass is 16.5. The van der Waals surface area contributed by atoms with Crippen molar-refractivity contribution < 1.29 is 14.3 Å². The molecule has 0 amide bonds. The zero-order valence-corrected chi connectivity index (χ0v) is 15.4. The fraction of sp³-hybridized carbons (Fsp3) is 0.391. The standard InChI is InChI=1S/C23H26O3/c1-16(2)13-14-26-23(25)22-20(24)15-19(17-9-5-3-6-10-17)21(22)18-11-7-4-8-12-18/h3-12,16,19,21-22H,13-15H2,1-2H3. The molecule has 3 unspecified atom stereocenters. The van der Waals surface area contributed by atoms with Gasteiger partial charge < -0.3 is 4.74 Å². The van der Waals surface area contributed by atoms with Crippen molar-refractivity contribution in [1.82, 2.24) is 0 Å². The maximum Gasteiger partial charge on any atom is 0.317 e. The Bertz CT molecular complexity index is 737. The summed E-state index contributed by atoms with van der Waals surface area (Å²) in [7, 11) is 0. The third-order valence-electron chi connectivity index (χ3n) is 5.17. The van der Waals surface area contributed by atoms with Gasteiger partial charge in [-0.2, -0.15) is 0 Å². The maximum atomic E-state index is 12.8. The molecule has 26 heavy (non-hydrogen) atoms. The molecule has 2 aromatic rings. The van der Waals surface area contributed by atoms with Crippen molar-refractivity contribution in [2.75, 3.05) is 6.61 Å². The van der Waals surface area contributed by atoms with Gasteiger partial charge in [0.1, 0.15) is 11.7 Å². The Kier molecular flexibility index (Phi) is 5.87. The van der Waals surface area contributed by atoms with Crippen LogP contribution in [0.1, 0.15) is 49.7 Å². The predicted octanol–water partition coefficient (Wildman–Crippen LogP) is 4.73. The van der Waals surface area contributed by atoms with Gasteiger partial charge in [-0.3, -0.25) is 9.59 Å². The largest absolute Gasteiger partial charge is 0.465 e. The van der Waals surface area contributed by atoms with E-state index in [2.05, 4.69) is 13.8 Å². The number of carbonyl (C=O) groups is 2. The van der Waals surface area contributed by atoms with Crippen LogP contribution in [0.4, 0.5) is 0 Å². The molecule has 0 N–H and O–H groups in total. The first kappa shape index (κ1) is 18.4. The minimum atomic E-state index is -0.713. The van der Waals surface area contributed by atoms with E-state index in [0.29, 0.717) is 18.9 Å². The zero-order chi connectivity index (χ0) is 18.5. The quantitative estimate of drug-likeness (QED) is 0.559. The molecule has 3 rings (SSSR count). The molecule has 0 saturated heterocycles. The van der Waals surface area contributed by atoms with Crippen molar-refractivity contribution in [1.29, 1.82) is 0 Å². The lowest BCUT2D eigenvalue weighted by Crippen LogP contribution is -2.27. The topological polar surface area (TPSA) is 43.4 Å². The van der Waals surface area contributed by atoms with Crippen LogP contribution in [0.25, 0.3) is 0 Å². The highest BCUT2D eigenvalue weighted by Gasteiger charge is 2.48. The molecule has 0 bridgehead atoms. The van der Waals surface area contributed by atoms with Crippen LogP contribution >= 0.6 is 0 Å². The minimum Gasteiger partial charge on any atom is -0.465 e. The summed E-state index contributed by atoms with van der Waals surface area (Å²) < 4.78 is 5.48. The lowest BCUT2D eigenvalue weighted by atomic mass is 9.80. The average molecular weight is 350 g/mol. The van der Waals surface area contributed by atoms with E-state index >= 15 is 0 Å². The van der Waals surface area contributed by atoms with Gasteiger partial charge >= 0.3 is 5.97 Å². The molecule has 2 aromatic carbocycles. The Labute approximate surface area is 155 Å². The van der Waals surface area contributed by atoms with Gasteiger partial charge in [0, 0.05) is 12.3 Å². The van der Waals surface area contributed by atoms with Crippen molar-refractivity contribution in [3.63, 3.8) is 0 Å². The van der Waals surface area contributed by atoms with Crippen molar-refractivity contribution in [3.8, 4) is 0 Å². The number of esters is 1. The highest BCUT2D eigenvalue weighted by molar-refractivity contribution is 6.02. The van der Waals surface area contributed by atoms with E-state index < -0.39 is 5.92 Å². The van der Waals surface area contributed by atoms with Crippen LogP contribution in [0.2, 0.25) is 0 Å². The number of benzene rings is 2. The van der Waals surface area contributed by atoms with Crippen LogP contribution in [0.5, 0.6) is 0 Å². The Morgan fingerprint density at radius 3 is 2.15 bits per heavy atom. The second-order valence-electron chi connectivity index (χ2n) is 7.45. The van der Waals surface area contributed by atoms with Gasteiger partial charge in [-0.1, -0.05) is 74.5 Å². The number of carbonyl (C=O) groups excluding carboxylic acids is 2. The smallest absolute Gasteiger partial charge is 0.317 e. The Hall–Kier alpha value is -2.42. The van der Waals surface area contributed by atoms with Crippen molar-refractivity contribution in [2.24, 2.45) is 11.8 Å². The molecule has 0 radical (unpaired) electrons. The first-order chi connectivity index (χ1) is 12.6. The van der Waals surface area contributed by atoms with Crippen LogP contribution in [-0.4, -0.2) is 18.4 Å². The lowest BCUT2D eigenvalue weighted by molar-refractivity contribution is -0.151. The first-order valence-electron chi connectivity index (χ1n) is 9.37. The molecule has 3 atom stereocenters. The number of Topliss-reactive ketones (excluding diaryl/α,β-unsaturated/α-hetero) is 1. The summed E-state index contributed by atoms with van der Waals surface area (Å²) in [6, 6.07) is 19.9.